The highest BCUT2D eigenvalue weighted by molar-refractivity contribution is 5.79. The molecule has 0 spiro atoms. The smallest absolute Gasteiger partial charge is 0.249 e. The van der Waals surface area contributed by atoms with Crippen molar-refractivity contribution in [3.8, 4) is 0 Å². The van der Waals surface area contributed by atoms with Crippen molar-refractivity contribution in [2.45, 2.75) is 31.3 Å². The molecule has 0 bridgehead atoms. The number of rotatable bonds is 2. The van der Waals surface area contributed by atoms with Crippen molar-refractivity contribution in [1.82, 2.24) is 5.06 Å². The molecule has 0 radical (unpaired) electrons. The maximum atomic E-state index is 13.8. The molecule has 2 aliphatic rings. The molecule has 1 heterocycles. The normalized spacial score (nSPS) is 29.4. The van der Waals surface area contributed by atoms with Gasteiger partial charge in [-0.2, -0.15) is 0 Å². The fraction of sp³-hybridized carbons (Fsp3) is 0.500. The summed E-state index contributed by atoms with van der Waals surface area (Å²) >= 11 is 0. The molecule has 3 rings (SSSR count). The lowest BCUT2D eigenvalue weighted by molar-refractivity contribution is -0.185. The molecule has 2 fully saturated rings. The molecule has 4 nitrogen and oxygen atoms in total. The van der Waals surface area contributed by atoms with Gasteiger partial charge in [0.15, 0.2) is 0 Å². The Balaban J connectivity index is 1.80. The van der Waals surface area contributed by atoms with Crippen molar-refractivity contribution in [3.63, 3.8) is 0 Å². The van der Waals surface area contributed by atoms with Crippen LogP contribution in [0.4, 0.5) is 8.78 Å². The molecule has 0 aromatic heterocycles. The number of carbonyl (C=O) groups excluding carboxylic acids is 1. The number of carbonyl (C=O) groups is 1. The largest absolute Gasteiger partial charge is 0.328 e. The molecular formula is C14H16F2N2O2. The molecule has 1 saturated heterocycles. The maximum absolute atomic E-state index is 13.8. The van der Waals surface area contributed by atoms with Gasteiger partial charge in [-0.1, -0.05) is 6.07 Å². The lowest BCUT2D eigenvalue weighted by Crippen LogP contribution is -2.46. The number of hydrogen-bond donors (Lipinski definition) is 1. The molecule has 2 N–H and O–H groups in total. The molecule has 1 aliphatic heterocycles. The predicted molar refractivity (Wildman–Crippen MR) is 67.2 cm³/mol. The van der Waals surface area contributed by atoms with Crippen LogP contribution in [0.15, 0.2) is 18.2 Å². The summed E-state index contributed by atoms with van der Waals surface area (Å²) in [6.45, 7) is 0.353. The van der Waals surface area contributed by atoms with E-state index in [9.17, 15) is 13.6 Å². The Morgan fingerprint density at radius 3 is 2.75 bits per heavy atom. The maximum Gasteiger partial charge on any atom is 0.249 e. The van der Waals surface area contributed by atoms with E-state index in [1.165, 1.54) is 17.2 Å². The summed E-state index contributed by atoms with van der Waals surface area (Å²) in [7, 11) is 0. The molecule has 1 amide bonds. The molecule has 1 atom stereocenters. The molecular weight excluding hydrogens is 266 g/mol. The monoisotopic (exact) mass is 282 g/mol. The van der Waals surface area contributed by atoms with Crippen LogP contribution in [0.25, 0.3) is 0 Å². The van der Waals surface area contributed by atoms with Crippen molar-refractivity contribution in [2.24, 2.45) is 11.7 Å². The summed E-state index contributed by atoms with van der Waals surface area (Å²) in [5, 5.41) is 1.24. The first-order valence-electron chi connectivity index (χ1n) is 6.73. The van der Waals surface area contributed by atoms with Gasteiger partial charge in [0.1, 0.15) is 11.6 Å². The van der Waals surface area contributed by atoms with Crippen LogP contribution in [0, 0.1) is 17.6 Å². The molecule has 6 heteroatoms. The fourth-order valence-corrected chi connectivity index (χ4v) is 2.78. The minimum Gasteiger partial charge on any atom is -0.328 e. The lowest BCUT2D eigenvalue weighted by Gasteiger charge is -2.35. The van der Waals surface area contributed by atoms with Crippen LogP contribution < -0.4 is 5.73 Å². The van der Waals surface area contributed by atoms with E-state index >= 15 is 0 Å². The van der Waals surface area contributed by atoms with Crippen LogP contribution in [-0.2, 0) is 9.63 Å². The second-order valence-electron chi connectivity index (χ2n) is 5.40. The second kappa shape index (κ2) is 5.10. The second-order valence-corrected chi connectivity index (χ2v) is 5.40. The highest BCUT2D eigenvalue weighted by atomic mass is 19.1. The van der Waals surface area contributed by atoms with E-state index in [0.717, 1.165) is 6.07 Å². The molecule has 20 heavy (non-hydrogen) atoms. The van der Waals surface area contributed by atoms with Crippen molar-refractivity contribution < 1.29 is 18.4 Å². The first-order chi connectivity index (χ1) is 9.56. The van der Waals surface area contributed by atoms with E-state index in [1.54, 1.807) is 0 Å². The van der Waals surface area contributed by atoms with Gasteiger partial charge in [0.05, 0.1) is 12.6 Å². The van der Waals surface area contributed by atoms with Crippen LogP contribution in [0.1, 0.15) is 30.9 Å². The number of nitrogens with zero attached hydrogens (tertiary/aromatic N) is 1. The molecule has 1 aliphatic carbocycles. The number of halogens is 2. The quantitative estimate of drug-likeness (QED) is 0.901. The zero-order chi connectivity index (χ0) is 14.3. The number of amides is 1. The van der Waals surface area contributed by atoms with Crippen molar-refractivity contribution >= 4 is 5.91 Å². The topological polar surface area (TPSA) is 55.6 Å². The minimum atomic E-state index is -0.649. The highest BCUT2D eigenvalue weighted by Crippen LogP contribution is 2.36. The SMILES string of the molecule is N[C@H]1C[C@@H](C(=O)N2OCC[C@H]2c2ccc(F)cc2F)C1. The van der Waals surface area contributed by atoms with Crippen LogP contribution in [0.5, 0.6) is 0 Å². The van der Waals surface area contributed by atoms with Crippen LogP contribution >= 0.6 is 0 Å². The van der Waals surface area contributed by atoms with Gasteiger partial charge < -0.3 is 5.73 Å². The number of hydrogen-bond acceptors (Lipinski definition) is 3. The summed E-state index contributed by atoms with van der Waals surface area (Å²) in [5.74, 6) is -1.58. The van der Waals surface area contributed by atoms with E-state index in [4.69, 9.17) is 10.6 Å². The fourth-order valence-electron chi connectivity index (χ4n) is 2.78. The van der Waals surface area contributed by atoms with Gasteiger partial charge in [-0.15, -0.1) is 0 Å². The van der Waals surface area contributed by atoms with E-state index in [0.29, 0.717) is 31.4 Å². The third kappa shape index (κ3) is 2.29. The molecule has 1 aromatic rings. The number of hydroxylamine groups is 2. The Hall–Kier alpha value is -1.53. The van der Waals surface area contributed by atoms with E-state index in [1.807, 2.05) is 0 Å². The first-order valence-corrected chi connectivity index (χ1v) is 6.73. The Bertz CT molecular complexity index is 532. The molecule has 1 saturated carbocycles. The van der Waals surface area contributed by atoms with Gasteiger partial charge in [0.25, 0.3) is 0 Å². The highest BCUT2D eigenvalue weighted by Gasteiger charge is 2.41. The lowest BCUT2D eigenvalue weighted by atomic mass is 9.80. The summed E-state index contributed by atoms with van der Waals surface area (Å²) < 4.78 is 26.8. The van der Waals surface area contributed by atoms with Crippen molar-refractivity contribution in [2.75, 3.05) is 6.61 Å². The standard InChI is InChI=1S/C14H16F2N2O2/c15-9-1-2-11(12(16)7-9)13-3-4-20-18(13)14(19)8-5-10(17)6-8/h1-2,7-8,10,13H,3-6,17H2/t8-,10+,13-/m0/s1. The van der Waals surface area contributed by atoms with Gasteiger partial charge in [0.2, 0.25) is 5.91 Å². The van der Waals surface area contributed by atoms with Crippen molar-refractivity contribution in [1.29, 1.82) is 0 Å². The summed E-state index contributed by atoms with van der Waals surface area (Å²) in [6, 6.07) is 2.97. The third-order valence-corrected chi connectivity index (χ3v) is 3.97. The summed E-state index contributed by atoms with van der Waals surface area (Å²) in [6.07, 6.45) is 1.78. The average Bonchev–Trinajstić information content (AvgIpc) is 2.83. The van der Waals surface area contributed by atoms with E-state index in [2.05, 4.69) is 0 Å². The summed E-state index contributed by atoms with van der Waals surface area (Å²) in [5.41, 5.74) is 5.97. The minimum absolute atomic E-state index is 0.0626. The molecule has 108 valence electrons. The zero-order valence-electron chi connectivity index (χ0n) is 10.9. The van der Waals surface area contributed by atoms with Crippen LogP contribution in [0.2, 0.25) is 0 Å². The van der Waals surface area contributed by atoms with Crippen LogP contribution in [0.3, 0.4) is 0 Å². The van der Waals surface area contributed by atoms with Crippen molar-refractivity contribution in [3.05, 3.63) is 35.4 Å². The van der Waals surface area contributed by atoms with Gasteiger partial charge in [-0.25, -0.2) is 13.8 Å². The Morgan fingerprint density at radius 2 is 2.10 bits per heavy atom. The van der Waals surface area contributed by atoms with Gasteiger partial charge >= 0.3 is 0 Å². The van der Waals surface area contributed by atoms with Gasteiger partial charge in [-0.3, -0.25) is 9.63 Å². The zero-order valence-corrected chi connectivity index (χ0v) is 10.9. The van der Waals surface area contributed by atoms with Crippen LogP contribution in [-0.4, -0.2) is 23.6 Å². The summed E-state index contributed by atoms with van der Waals surface area (Å²) in [4.78, 5) is 17.6. The Kier molecular flexibility index (Phi) is 3.43. The molecule has 0 unspecified atom stereocenters. The van der Waals surface area contributed by atoms with E-state index < -0.39 is 17.7 Å². The number of nitrogens with two attached hydrogens (primary N) is 1. The van der Waals surface area contributed by atoms with Gasteiger partial charge in [-0.05, 0) is 18.9 Å². The Morgan fingerprint density at radius 1 is 1.35 bits per heavy atom. The first kappa shape index (κ1) is 13.5. The number of benzene rings is 1. The Labute approximate surface area is 115 Å². The molecule has 1 aromatic carbocycles. The average molecular weight is 282 g/mol. The van der Waals surface area contributed by atoms with Gasteiger partial charge in [0, 0.05) is 30.0 Å². The third-order valence-electron chi connectivity index (χ3n) is 3.97. The predicted octanol–water partition coefficient (Wildman–Crippen LogP) is 1.91. The van der Waals surface area contributed by atoms with E-state index in [-0.39, 0.29) is 17.9 Å².